The normalized spacial score (nSPS) is 15.0. The van der Waals surface area contributed by atoms with E-state index >= 15 is 0 Å². The molecule has 2 fully saturated rings. The van der Waals surface area contributed by atoms with E-state index in [2.05, 4.69) is 67.2 Å². The molecule has 85 heavy (non-hydrogen) atoms. The number of amides is 2. The summed E-state index contributed by atoms with van der Waals surface area (Å²) in [6.45, 7) is 16.8. The molecule has 0 spiro atoms. The van der Waals surface area contributed by atoms with Gasteiger partial charge in [-0.05, 0) is 123 Å². The van der Waals surface area contributed by atoms with Gasteiger partial charge in [-0.25, -0.2) is 9.59 Å². The summed E-state index contributed by atoms with van der Waals surface area (Å²) >= 11 is 0. The lowest BCUT2D eigenvalue weighted by Crippen LogP contribution is -2.32. The third kappa shape index (κ3) is 50.2. The summed E-state index contributed by atoms with van der Waals surface area (Å²) in [6.07, 6.45) is 51.0. The Bertz CT molecular complexity index is 1640. The van der Waals surface area contributed by atoms with Crippen molar-refractivity contribution < 1.29 is 47.7 Å². The van der Waals surface area contributed by atoms with E-state index < -0.39 is 6.10 Å². The molecule has 2 saturated heterocycles. The van der Waals surface area contributed by atoms with Gasteiger partial charge in [0.25, 0.3) is 0 Å². The van der Waals surface area contributed by atoms with Crippen LogP contribution in [0.1, 0.15) is 330 Å². The molecule has 2 aliphatic rings. The molecule has 0 bridgehead atoms. The lowest BCUT2D eigenvalue weighted by Gasteiger charge is -2.19. The topological polar surface area (TPSA) is 162 Å². The summed E-state index contributed by atoms with van der Waals surface area (Å²) in [7, 11) is 0. The fourth-order valence-corrected chi connectivity index (χ4v) is 11.3. The first-order chi connectivity index (χ1) is 41.5. The summed E-state index contributed by atoms with van der Waals surface area (Å²) in [5.74, 6) is -0.996. The minimum atomic E-state index is -0.838. The van der Waals surface area contributed by atoms with Gasteiger partial charge < -0.3 is 34.3 Å². The number of hydrogen-bond donors (Lipinski definition) is 2. The van der Waals surface area contributed by atoms with Crippen LogP contribution < -0.4 is 10.6 Å². The van der Waals surface area contributed by atoms with E-state index in [0.717, 1.165) is 167 Å². The molecule has 14 nitrogen and oxygen atoms in total. The second-order valence-electron chi connectivity index (χ2n) is 25.5. The average Bonchev–Trinajstić information content (AvgIpc) is 4.64. The highest BCUT2D eigenvalue weighted by Crippen LogP contribution is 2.21. The second kappa shape index (κ2) is 55.9. The molecule has 2 heterocycles. The zero-order chi connectivity index (χ0) is 61.5. The predicted octanol–water partition coefficient (Wildman–Crippen LogP) is 18.1. The van der Waals surface area contributed by atoms with Crippen LogP contribution in [0.25, 0.3) is 0 Å². The number of rotatable bonds is 62. The van der Waals surface area contributed by atoms with Crippen molar-refractivity contribution in [3.63, 3.8) is 0 Å². The lowest BCUT2D eigenvalue weighted by atomic mass is 10.0. The molecule has 5 atom stereocenters. The fourth-order valence-electron chi connectivity index (χ4n) is 11.3. The standard InChI is InChI=1S/C71H132N4O10/c1-6-9-12-15-16-17-18-19-20-21-22-23-30-35-42-49-67(76)81-60-66(83-69(78)51-44-37-32-27-25-29-34-41-48-65(46-39-14-11-8-3)85-71(80)73-55-53-63(5)75-58-59-75)61-82-68(77)50-43-36-31-26-24-28-33-40-47-64(45-38-13-10-7-2)84-70(79)72-54-52-62(4)74-56-57-74/h17-18,62-66H,6-16,19-61H2,1-5H3,(H,72,79)(H,73,80). The van der Waals surface area contributed by atoms with E-state index in [1.807, 2.05) is 0 Å². The Hall–Kier alpha value is -3.39. The zero-order valence-corrected chi connectivity index (χ0v) is 55.7. The Kier molecular flexibility index (Phi) is 51.1. The van der Waals surface area contributed by atoms with E-state index in [0.29, 0.717) is 44.4 Å². The molecule has 14 heteroatoms. The molecule has 0 aliphatic carbocycles. The molecule has 0 radical (unpaired) electrons. The Morgan fingerprint density at radius 3 is 0.988 bits per heavy atom. The van der Waals surface area contributed by atoms with E-state index in [-0.39, 0.29) is 61.9 Å². The maximum absolute atomic E-state index is 13.1. The Labute approximate surface area is 521 Å². The molecule has 2 aliphatic heterocycles. The van der Waals surface area contributed by atoms with Gasteiger partial charge in [0.2, 0.25) is 0 Å². The highest BCUT2D eigenvalue weighted by molar-refractivity contribution is 5.71. The zero-order valence-electron chi connectivity index (χ0n) is 55.7. The largest absolute Gasteiger partial charge is 0.462 e. The van der Waals surface area contributed by atoms with E-state index in [1.165, 1.54) is 129 Å². The molecule has 0 aromatic carbocycles. The van der Waals surface area contributed by atoms with Crippen LogP contribution in [0, 0.1) is 0 Å². The van der Waals surface area contributed by atoms with Gasteiger partial charge in [-0.2, -0.15) is 0 Å². The van der Waals surface area contributed by atoms with Crippen LogP contribution in [0.5, 0.6) is 0 Å². The summed E-state index contributed by atoms with van der Waals surface area (Å²) in [4.78, 5) is 68.8. The molecule has 2 amide bonds. The highest BCUT2D eigenvalue weighted by Gasteiger charge is 2.25. The third-order valence-corrected chi connectivity index (χ3v) is 17.3. The quantitative estimate of drug-likeness (QED) is 0.0195. The van der Waals surface area contributed by atoms with Crippen molar-refractivity contribution in [2.45, 2.75) is 360 Å². The van der Waals surface area contributed by atoms with Gasteiger partial charge in [-0.15, -0.1) is 0 Å². The van der Waals surface area contributed by atoms with Crippen LogP contribution in [0.4, 0.5) is 9.59 Å². The van der Waals surface area contributed by atoms with Gasteiger partial charge in [0, 0.05) is 70.6 Å². The Morgan fingerprint density at radius 2 is 0.647 bits per heavy atom. The smallest absolute Gasteiger partial charge is 0.407 e. The van der Waals surface area contributed by atoms with Crippen molar-refractivity contribution in [1.29, 1.82) is 0 Å². The minimum Gasteiger partial charge on any atom is -0.462 e. The maximum Gasteiger partial charge on any atom is 0.407 e. The Balaban J connectivity index is 1.68. The number of carbonyl (C=O) groups excluding carboxylic acids is 5. The number of unbranched alkanes of at least 4 members (excludes halogenated alkanes) is 31. The molecule has 5 unspecified atom stereocenters. The average molecular weight is 1200 g/mol. The van der Waals surface area contributed by atoms with Crippen LogP contribution in [-0.4, -0.2) is 123 Å². The number of nitrogens with one attached hydrogen (secondary N) is 2. The summed E-state index contributed by atoms with van der Waals surface area (Å²) in [5.41, 5.74) is 0. The van der Waals surface area contributed by atoms with Crippen LogP contribution in [0.2, 0.25) is 0 Å². The summed E-state index contributed by atoms with van der Waals surface area (Å²) < 4.78 is 28.9. The predicted molar refractivity (Wildman–Crippen MR) is 349 cm³/mol. The van der Waals surface area contributed by atoms with Crippen molar-refractivity contribution in [2.75, 3.05) is 52.5 Å². The first kappa shape index (κ1) is 77.7. The van der Waals surface area contributed by atoms with E-state index in [9.17, 15) is 24.0 Å². The number of allylic oxidation sites excluding steroid dienone is 2. The first-order valence-corrected chi connectivity index (χ1v) is 36.1. The van der Waals surface area contributed by atoms with E-state index in [1.54, 1.807) is 0 Å². The highest BCUT2D eigenvalue weighted by atomic mass is 16.6. The number of esters is 3. The number of ether oxygens (including phenoxy) is 5. The van der Waals surface area contributed by atoms with Crippen molar-refractivity contribution >= 4 is 30.1 Å². The number of nitrogens with zero attached hydrogens (tertiary/aromatic N) is 2. The SMILES string of the molecule is CCCCCCC=CCCCCCCCCCC(=O)OCC(COC(=O)CCCCCCCCCCC(CCCCCC)OC(=O)NCCC(C)N1CC1)OC(=O)CCCCCCCCCCC(CCCCCC)OC(=O)NCCC(C)N1CC1. The van der Waals surface area contributed by atoms with Crippen LogP contribution in [-0.2, 0) is 38.1 Å². The fraction of sp³-hybridized carbons (Fsp3) is 0.901. The van der Waals surface area contributed by atoms with E-state index in [4.69, 9.17) is 23.7 Å². The number of alkyl carbamates (subject to hydrolysis) is 2. The van der Waals surface area contributed by atoms with Crippen LogP contribution >= 0.6 is 0 Å². The molecular weight excluding hydrogens is 1070 g/mol. The monoisotopic (exact) mass is 1200 g/mol. The van der Waals surface area contributed by atoms with Gasteiger partial charge in [0.15, 0.2) is 6.10 Å². The molecule has 0 aromatic heterocycles. The summed E-state index contributed by atoms with van der Waals surface area (Å²) in [6, 6.07) is 1.01. The van der Waals surface area contributed by atoms with Gasteiger partial charge in [0.1, 0.15) is 25.4 Å². The molecule has 0 saturated carbocycles. The van der Waals surface area contributed by atoms with Crippen LogP contribution in [0.3, 0.4) is 0 Å². The minimum absolute atomic E-state index is 0.0213. The molecule has 496 valence electrons. The Morgan fingerprint density at radius 1 is 0.353 bits per heavy atom. The molecule has 0 aromatic rings. The second-order valence-corrected chi connectivity index (χ2v) is 25.5. The molecular formula is C71H132N4O10. The van der Waals surface area contributed by atoms with Gasteiger partial charge in [-0.1, -0.05) is 200 Å². The maximum atomic E-state index is 13.1. The first-order valence-electron chi connectivity index (χ1n) is 36.1. The van der Waals surface area contributed by atoms with Gasteiger partial charge >= 0.3 is 30.1 Å². The molecule has 2 N–H and O–H groups in total. The molecule has 2 rings (SSSR count). The summed E-state index contributed by atoms with van der Waals surface area (Å²) in [5, 5.41) is 5.97. The lowest BCUT2D eigenvalue weighted by molar-refractivity contribution is -0.167. The number of carbonyl (C=O) groups is 5. The number of hydrogen-bond acceptors (Lipinski definition) is 12. The van der Waals surface area contributed by atoms with Crippen molar-refractivity contribution in [3.8, 4) is 0 Å². The van der Waals surface area contributed by atoms with Crippen molar-refractivity contribution in [1.82, 2.24) is 20.4 Å². The van der Waals surface area contributed by atoms with Crippen LogP contribution in [0.15, 0.2) is 12.2 Å². The third-order valence-electron chi connectivity index (χ3n) is 17.3. The van der Waals surface area contributed by atoms with Crippen molar-refractivity contribution in [2.24, 2.45) is 0 Å². The van der Waals surface area contributed by atoms with Gasteiger partial charge in [-0.3, -0.25) is 24.2 Å². The van der Waals surface area contributed by atoms with Gasteiger partial charge in [0.05, 0.1) is 0 Å². The van der Waals surface area contributed by atoms with Crippen molar-refractivity contribution in [3.05, 3.63) is 12.2 Å².